The molecule has 0 heterocycles. The van der Waals surface area contributed by atoms with Gasteiger partial charge in [0.15, 0.2) is 0 Å². The molecule has 0 aromatic heterocycles. The first kappa shape index (κ1) is 10.7. The molecular formula is C11H15NO2. The largest absolute Gasteiger partial charge is 0.508 e. The predicted octanol–water partition coefficient (Wildman–Crippen LogP) is 1.24. The summed E-state index contributed by atoms with van der Waals surface area (Å²) in [5, 5.41) is 9.05. The molecule has 3 heteroatoms. The van der Waals surface area contributed by atoms with Crippen LogP contribution in [-0.2, 0) is 11.2 Å². The molecule has 0 unspecified atom stereocenters. The maximum Gasteiger partial charge on any atom is 0.131 e. The summed E-state index contributed by atoms with van der Waals surface area (Å²) in [6, 6.07) is 6.74. The van der Waals surface area contributed by atoms with Gasteiger partial charge in [-0.05, 0) is 31.0 Å². The zero-order chi connectivity index (χ0) is 10.6. The molecule has 0 spiro atoms. The summed E-state index contributed by atoms with van der Waals surface area (Å²) >= 11 is 0. The number of nitrogens with two attached hydrogens (primary N) is 1. The molecule has 0 aliphatic heterocycles. The number of carbonyl (C=O) groups excluding carboxylic acids is 1. The fraction of sp³-hybridized carbons (Fsp3) is 0.364. The van der Waals surface area contributed by atoms with Gasteiger partial charge < -0.3 is 10.8 Å². The minimum Gasteiger partial charge on any atom is -0.508 e. The van der Waals surface area contributed by atoms with Crippen LogP contribution in [0.5, 0.6) is 5.75 Å². The monoisotopic (exact) mass is 193 g/mol. The number of phenolic OH excluding ortho intramolecular Hbond substituents is 1. The van der Waals surface area contributed by atoms with E-state index in [0.717, 1.165) is 5.56 Å². The Morgan fingerprint density at radius 3 is 2.50 bits per heavy atom. The van der Waals surface area contributed by atoms with E-state index in [9.17, 15) is 4.79 Å². The van der Waals surface area contributed by atoms with Crippen LogP contribution in [0.25, 0.3) is 0 Å². The molecule has 0 amide bonds. The van der Waals surface area contributed by atoms with Crippen LogP contribution in [0, 0.1) is 0 Å². The molecule has 0 fully saturated rings. The number of benzene rings is 1. The van der Waals surface area contributed by atoms with E-state index >= 15 is 0 Å². The summed E-state index contributed by atoms with van der Waals surface area (Å²) in [5.74, 6) is 0.352. The maximum absolute atomic E-state index is 10.8. The van der Waals surface area contributed by atoms with Gasteiger partial charge in [-0.3, -0.25) is 4.79 Å². The molecule has 14 heavy (non-hydrogen) atoms. The third kappa shape index (κ3) is 3.58. The minimum atomic E-state index is -0.128. The van der Waals surface area contributed by atoms with Gasteiger partial charge in [0.2, 0.25) is 0 Å². The fourth-order valence-corrected chi connectivity index (χ4v) is 1.38. The Balaban J connectivity index is 2.51. The summed E-state index contributed by atoms with van der Waals surface area (Å²) in [6.07, 6.45) is 1.07. The molecule has 0 radical (unpaired) electrons. The van der Waals surface area contributed by atoms with Crippen LogP contribution in [0.2, 0.25) is 0 Å². The van der Waals surface area contributed by atoms with Crippen LogP contribution in [0.3, 0.4) is 0 Å². The smallest absolute Gasteiger partial charge is 0.131 e. The van der Waals surface area contributed by atoms with Crippen molar-refractivity contribution in [3.05, 3.63) is 29.8 Å². The second-order valence-corrected chi connectivity index (χ2v) is 3.54. The highest BCUT2D eigenvalue weighted by Gasteiger charge is 2.06. The van der Waals surface area contributed by atoms with Gasteiger partial charge in [-0.25, -0.2) is 0 Å². The Hall–Kier alpha value is -1.35. The zero-order valence-electron chi connectivity index (χ0n) is 8.23. The van der Waals surface area contributed by atoms with Crippen LogP contribution in [0.15, 0.2) is 24.3 Å². The summed E-state index contributed by atoms with van der Waals surface area (Å²) < 4.78 is 0. The number of hydrogen-bond acceptors (Lipinski definition) is 3. The van der Waals surface area contributed by atoms with Gasteiger partial charge in [-0.2, -0.15) is 0 Å². The van der Waals surface area contributed by atoms with Gasteiger partial charge in [0.25, 0.3) is 0 Å². The average molecular weight is 193 g/mol. The molecule has 3 nitrogen and oxygen atoms in total. The van der Waals surface area contributed by atoms with Crippen molar-refractivity contribution < 1.29 is 9.90 Å². The number of aromatic hydroxyl groups is 1. The number of hydrogen-bond donors (Lipinski definition) is 2. The Morgan fingerprint density at radius 1 is 1.43 bits per heavy atom. The maximum atomic E-state index is 10.8. The number of ketones is 1. The lowest BCUT2D eigenvalue weighted by molar-refractivity contribution is -0.117. The molecule has 3 N–H and O–H groups in total. The van der Waals surface area contributed by atoms with Gasteiger partial charge >= 0.3 is 0 Å². The van der Waals surface area contributed by atoms with Gasteiger partial charge in [0, 0.05) is 12.5 Å². The van der Waals surface area contributed by atoms with Crippen LogP contribution < -0.4 is 5.73 Å². The van der Waals surface area contributed by atoms with Crippen LogP contribution in [-0.4, -0.2) is 16.9 Å². The number of rotatable bonds is 4. The van der Waals surface area contributed by atoms with Gasteiger partial charge in [-0.1, -0.05) is 12.1 Å². The third-order valence-corrected chi connectivity index (χ3v) is 1.98. The second-order valence-electron chi connectivity index (χ2n) is 3.54. The first-order valence-electron chi connectivity index (χ1n) is 4.61. The Kier molecular flexibility index (Phi) is 3.65. The normalized spacial score (nSPS) is 12.4. The van der Waals surface area contributed by atoms with Crippen molar-refractivity contribution in [2.24, 2.45) is 5.73 Å². The molecular weight excluding hydrogens is 178 g/mol. The van der Waals surface area contributed by atoms with Gasteiger partial charge in [0.1, 0.15) is 11.5 Å². The lowest BCUT2D eigenvalue weighted by atomic mass is 10.0. The highest BCUT2D eigenvalue weighted by atomic mass is 16.3. The Bertz CT molecular complexity index is 306. The zero-order valence-corrected chi connectivity index (χ0v) is 8.23. The fourth-order valence-electron chi connectivity index (χ4n) is 1.38. The Morgan fingerprint density at radius 2 is 2.00 bits per heavy atom. The van der Waals surface area contributed by atoms with Crippen LogP contribution in [0.4, 0.5) is 0 Å². The molecule has 1 atom stereocenters. The summed E-state index contributed by atoms with van der Waals surface area (Å²) in [5.41, 5.74) is 6.80. The van der Waals surface area contributed by atoms with Crippen molar-refractivity contribution >= 4 is 5.78 Å². The molecule has 1 aromatic rings. The van der Waals surface area contributed by atoms with E-state index < -0.39 is 0 Å². The summed E-state index contributed by atoms with van der Waals surface area (Å²) in [7, 11) is 0. The Labute approximate surface area is 83.6 Å². The van der Waals surface area contributed by atoms with E-state index in [4.69, 9.17) is 10.8 Å². The SMILES string of the molecule is CC(=O)C[C@@H](N)Cc1ccc(O)cc1. The van der Waals surface area contributed by atoms with Crippen molar-refractivity contribution in [3.63, 3.8) is 0 Å². The van der Waals surface area contributed by atoms with Crippen LogP contribution in [0.1, 0.15) is 18.9 Å². The predicted molar refractivity (Wildman–Crippen MR) is 55.1 cm³/mol. The van der Waals surface area contributed by atoms with E-state index in [1.807, 2.05) is 12.1 Å². The van der Waals surface area contributed by atoms with Crippen molar-refractivity contribution in [2.45, 2.75) is 25.8 Å². The number of phenols is 1. The first-order valence-corrected chi connectivity index (χ1v) is 4.61. The first-order chi connectivity index (χ1) is 6.58. The summed E-state index contributed by atoms with van der Waals surface area (Å²) in [6.45, 7) is 1.54. The molecule has 1 aromatic carbocycles. The van der Waals surface area contributed by atoms with E-state index in [1.54, 1.807) is 12.1 Å². The standard InChI is InChI=1S/C11H15NO2/c1-8(13)6-10(12)7-9-2-4-11(14)5-3-9/h2-5,10,14H,6-7,12H2,1H3/t10-/m1/s1. The molecule has 0 saturated carbocycles. The molecule has 0 saturated heterocycles. The van der Waals surface area contributed by atoms with Gasteiger partial charge in [0.05, 0.1) is 0 Å². The van der Waals surface area contributed by atoms with Crippen molar-refractivity contribution in [1.29, 1.82) is 0 Å². The number of carbonyl (C=O) groups is 1. The highest BCUT2D eigenvalue weighted by Crippen LogP contribution is 2.11. The minimum absolute atomic E-state index is 0.108. The molecule has 76 valence electrons. The lowest BCUT2D eigenvalue weighted by Crippen LogP contribution is -2.25. The lowest BCUT2D eigenvalue weighted by Gasteiger charge is -2.09. The van der Waals surface area contributed by atoms with E-state index in [0.29, 0.717) is 12.8 Å². The number of Topliss-reactive ketones (excluding diaryl/α,β-unsaturated/α-hetero) is 1. The van der Waals surface area contributed by atoms with Gasteiger partial charge in [-0.15, -0.1) is 0 Å². The van der Waals surface area contributed by atoms with Crippen LogP contribution >= 0.6 is 0 Å². The van der Waals surface area contributed by atoms with Crippen molar-refractivity contribution in [3.8, 4) is 5.75 Å². The molecule has 0 bridgehead atoms. The van der Waals surface area contributed by atoms with E-state index in [-0.39, 0.29) is 17.6 Å². The third-order valence-electron chi connectivity index (χ3n) is 1.98. The van der Waals surface area contributed by atoms with Crippen molar-refractivity contribution in [2.75, 3.05) is 0 Å². The molecule has 1 rings (SSSR count). The van der Waals surface area contributed by atoms with E-state index in [1.165, 1.54) is 6.92 Å². The molecule has 0 aliphatic carbocycles. The molecule has 0 aliphatic rings. The second kappa shape index (κ2) is 4.77. The highest BCUT2D eigenvalue weighted by molar-refractivity contribution is 5.76. The van der Waals surface area contributed by atoms with E-state index in [2.05, 4.69) is 0 Å². The van der Waals surface area contributed by atoms with Crippen molar-refractivity contribution in [1.82, 2.24) is 0 Å². The quantitative estimate of drug-likeness (QED) is 0.756. The summed E-state index contributed by atoms with van der Waals surface area (Å²) in [4.78, 5) is 10.8. The average Bonchev–Trinajstić information content (AvgIpc) is 2.07. The topological polar surface area (TPSA) is 63.3 Å².